The maximum absolute atomic E-state index is 11.0. The average Bonchev–Trinajstić information content (AvgIpc) is 2.77. The van der Waals surface area contributed by atoms with Crippen LogP contribution in [0.5, 0.6) is 0 Å². The van der Waals surface area contributed by atoms with Gasteiger partial charge >= 0.3 is 0 Å². The quantitative estimate of drug-likeness (QED) is 0.802. The van der Waals surface area contributed by atoms with E-state index in [1.165, 1.54) is 13.0 Å². The lowest BCUT2D eigenvalue weighted by atomic mass is 9.98. The second-order valence-corrected chi connectivity index (χ2v) is 4.78. The molecule has 0 spiro atoms. The van der Waals surface area contributed by atoms with Gasteiger partial charge in [0.1, 0.15) is 11.5 Å². The highest BCUT2D eigenvalue weighted by molar-refractivity contribution is 5.77. The normalized spacial score (nSPS) is 21.6. The molecular weight excluding hydrogens is 216 g/mol. The first kappa shape index (κ1) is 12.3. The van der Waals surface area contributed by atoms with Crippen molar-refractivity contribution in [2.24, 2.45) is 0 Å². The minimum atomic E-state index is 0.117. The Hall–Kier alpha value is -1.16. The molecule has 0 bridgehead atoms. The third-order valence-corrected chi connectivity index (χ3v) is 3.30. The van der Waals surface area contributed by atoms with E-state index in [0.717, 1.165) is 25.4 Å². The smallest absolute Gasteiger partial charge is 0.198 e. The molecule has 1 aromatic heterocycles. The number of Topliss-reactive ketones (excluding diaryl/α,β-unsaturated/α-hetero) is 1. The maximum Gasteiger partial charge on any atom is 0.198 e. The summed E-state index contributed by atoms with van der Waals surface area (Å²) in [4.78, 5) is 17.7. The van der Waals surface area contributed by atoms with Gasteiger partial charge in [-0.15, -0.1) is 0 Å². The summed E-state index contributed by atoms with van der Waals surface area (Å²) in [5, 5.41) is 0. The molecule has 2 heterocycles. The second-order valence-electron chi connectivity index (χ2n) is 4.78. The predicted molar refractivity (Wildman–Crippen MR) is 65.0 cm³/mol. The monoisotopic (exact) mass is 236 g/mol. The number of nitrogens with zero attached hydrogens (tertiary/aromatic N) is 2. The molecule has 0 aliphatic carbocycles. The molecule has 1 aliphatic rings. The third-order valence-electron chi connectivity index (χ3n) is 3.30. The summed E-state index contributed by atoms with van der Waals surface area (Å²) in [6, 6.07) is 0. The van der Waals surface area contributed by atoms with E-state index < -0.39 is 0 Å². The zero-order valence-electron chi connectivity index (χ0n) is 10.6. The summed E-state index contributed by atoms with van der Waals surface area (Å²) < 4.78 is 5.67. The Kier molecular flexibility index (Phi) is 3.94. The van der Waals surface area contributed by atoms with Crippen LogP contribution < -0.4 is 0 Å². The van der Waals surface area contributed by atoms with Crippen molar-refractivity contribution < 1.29 is 9.21 Å². The Balaban J connectivity index is 2.01. The molecule has 94 valence electrons. The first-order valence-electron chi connectivity index (χ1n) is 6.35. The zero-order chi connectivity index (χ0) is 12.3. The lowest BCUT2D eigenvalue weighted by Gasteiger charge is -2.29. The fourth-order valence-electron chi connectivity index (χ4n) is 2.38. The van der Waals surface area contributed by atoms with Crippen molar-refractivity contribution in [1.82, 2.24) is 9.88 Å². The van der Waals surface area contributed by atoms with Crippen LogP contribution >= 0.6 is 0 Å². The number of hydrogen-bond donors (Lipinski definition) is 0. The molecule has 1 aliphatic heterocycles. The minimum Gasteiger partial charge on any atom is -0.445 e. The Morgan fingerprint density at radius 3 is 3.18 bits per heavy atom. The molecule has 0 radical (unpaired) electrons. The van der Waals surface area contributed by atoms with Crippen LogP contribution in [0.3, 0.4) is 0 Å². The maximum atomic E-state index is 11.0. The van der Waals surface area contributed by atoms with Gasteiger partial charge in [-0.3, -0.25) is 4.79 Å². The molecular formula is C13H20N2O2. The van der Waals surface area contributed by atoms with Gasteiger partial charge in [-0.25, -0.2) is 4.98 Å². The van der Waals surface area contributed by atoms with Gasteiger partial charge in [0.05, 0.1) is 12.6 Å². The number of piperidine rings is 1. The third kappa shape index (κ3) is 3.16. The molecule has 0 amide bonds. The Morgan fingerprint density at radius 2 is 2.47 bits per heavy atom. The Labute approximate surface area is 102 Å². The first-order chi connectivity index (χ1) is 8.19. The van der Waals surface area contributed by atoms with Gasteiger partial charge in [0.2, 0.25) is 0 Å². The standard InChI is InChI=1S/C13H20N2O2/c1-3-15-6-4-5-11(9-15)13-14-8-12(17-13)7-10(2)16/h8,11H,3-7,9H2,1-2H3. The number of likely N-dealkylation sites (N-methyl/N-ethyl adjacent to an activating group) is 1. The minimum absolute atomic E-state index is 0.117. The van der Waals surface area contributed by atoms with Crippen LogP contribution in [0.1, 0.15) is 44.3 Å². The molecule has 1 fully saturated rings. The number of hydrogen-bond acceptors (Lipinski definition) is 4. The molecule has 2 rings (SSSR count). The molecule has 4 nitrogen and oxygen atoms in total. The Bertz CT molecular complexity index is 387. The summed E-state index contributed by atoms with van der Waals surface area (Å²) in [5.41, 5.74) is 0. The van der Waals surface area contributed by atoms with Crippen molar-refractivity contribution in [3.8, 4) is 0 Å². The summed E-state index contributed by atoms with van der Waals surface area (Å²) in [5.74, 6) is 2.01. The van der Waals surface area contributed by atoms with E-state index in [0.29, 0.717) is 18.1 Å². The van der Waals surface area contributed by atoms with E-state index >= 15 is 0 Å². The summed E-state index contributed by atoms with van der Waals surface area (Å²) in [6.07, 6.45) is 4.39. The number of carbonyl (C=O) groups is 1. The van der Waals surface area contributed by atoms with Gasteiger partial charge in [-0.2, -0.15) is 0 Å². The van der Waals surface area contributed by atoms with Gasteiger partial charge < -0.3 is 9.32 Å². The molecule has 0 saturated carbocycles. The van der Waals surface area contributed by atoms with Crippen LogP contribution in [-0.4, -0.2) is 35.3 Å². The summed E-state index contributed by atoms with van der Waals surface area (Å²) in [6.45, 7) is 7.03. The molecule has 0 N–H and O–H groups in total. The predicted octanol–water partition coefficient (Wildman–Crippen LogP) is 2.01. The SMILES string of the molecule is CCN1CCCC(c2ncc(CC(C)=O)o2)C1. The van der Waals surface area contributed by atoms with Crippen molar-refractivity contribution in [3.05, 3.63) is 17.8 Å². The van der Waals surface area contributed by atoms with Crippen molar-refractivity contribution in [2.45, 2.75) is 39.0 Å². The number of carbonyl (C=O) groups excluding carboxylic acids is 1. The van der Waals surface area contributed by atoms with E-state index in [9.17, 15) is 4.79 Å². The van der Waals surface area contributed by atoms with Gasteiger partial charge in [0.25, 0.3) is 0 Å². The number of rotatable bonds is 4. The van der Waals surface area contributed by atoms with Crippen LogP contribution in [0, 0.1) is 0 Å². The van der Waals surface area contributed by atoms with Crippen molar-refractivity contribution in [3.63, 3.8) is 0 Å². The number of oxazole rings is 1. The topological polar surface area (TPSA) is 46.3 Å². The highest BCUT2D eigenvalue weighted by Gasteiger charge is 2.24. The van der Waals surface area contributed by atoms with Crippen LogP contribution in [-0.2, 0) is 11.2 Å². The fraction of sp³-hybridized carbons (Fsp3) is 0.692. The summed E-state index contributed by atoms with van der Waals surface area (Å²) >= 11 is 0. The molecule has 17 heavy (non-hydrogen) atoms. The van der Waals surface area contributed by atoms with Gasteiger partial charge in [0, 0.05) is 12.5 Å². The van der Waals surface area contributed by atoms with E-state index in [4.69, 9.17) is 4.42 Å². The van der Waals surface area contributed by atoms with Crippen molar-refractivity contribution in [1.29, 1.82) is 0 Å². The molecule has 1 aromatic rings. The first-order valence-corrected chi connectivity index (χ1v) is 6.35. The van der Waals surface area contributed by atoms with E-state index in [1.54, 1.807) is 13.1 Å². The lowest BCUT2D eigenvalue weighted by molar-refractivity contribution is -0.116. The molecule has 1 saturated heterocycles. The van der Waals surface area contributed by atoms with Crippen LogP contribution in [0.15, 0.2) is 10.6 Å². The second kappa shape index (κ2) is 5.45. The molecule has 0 aromatic carbocycles. The highest BCUT2D eigenvalue weighted by atomic mass is 16.4. The molecule has 4 heteroatoms. The number of ketones is 1. The van der Waals surface area contributed by atoms with Crippen LogP contribution in [0.2, 0.25) is 0 Å². The van der Waals surface area contributed by atoms with Gasteiger partial charge in [-0.1, -0.05) is 6.92 Å². The molecule has 1 unspecified atom stereocenters. The van der Waals surface area contributed by atoms with Crippen LogP contribution in [0.4, 0.5) is 0 Å². The van der Waals surface area contributed by atoms with Crippen LogP contribution in [0.25, 0.3) is 0 Å². The van der Waals surface area contributed by atoms with Crippen molar-refractivity contribution >= 4 is 5.78 Å². The van der Waals surface area contributed by atoms with Gasteiger partial charge in [-0.05, 0) is 32.9 Å². The summed E-state index contributed by atoms with van der Waals surface area (Å²) in [7, 11) is 0. The number of aromatic nitrogens is 1. The van der Waals surface area contributed by atoms with Gasteiger partial charge in [0.15, 0.2) is 5.89 Å². The number of likely N-dealkylation sites (tertiary alicyclic amines) is 1. The zero-order valence-corrected chi connectivity index (χ0v) is 10.6. The van der Waals surface area contributed by atoms with Crippen molar-refractivity contribution in [2.75, 3.05) is 19.6 Å². The largest absolute Gasteiger partial charge is 0.445 e. The van der Waals surface area contributed by atoms with E-state index in [2.05, 4.69) is 16.8 Å². The Morgan fingerprint density at radius 1 is 1.65 bits per heavy atom. The molecule has 1 atom stereocenters. The average molecular weight is 236 g/mol. The van der Waals surface area contributed by atoms with E-state index in [-0.39, 0.29) is 5.78 Å². The highest BCUT2D eigenvalue weighted by Crippen LogP contribution is 2.26. The fourth-order valence-corrected chi connectivity index (χ4v) is 2.38. The van der Waals surface area contributed by atoms with E-state index in [1.807, 2.05) is 0 Å². The lowest BCUT2D eigenvalue weighted by Crippen LogP contribution is -2.34.